The van der Waals surface area contributed by atoms with Crippen molar-refractivity contribution in [3.63, 3.8) is 0 Å². The molecule has 0 saturated heterocycles. The van der Waals surface area contributed by atoms with Crippen molar-refractivity contribution >= 4 is 22.9 Å². The van der Waals surface area contributed by atoms with E-state index in [1.807, 2.05) is 15.3 Å². The number of pyridine rings is 1. The molecule has 3 aromatic rings. The second kappa shape index (κ2) is 9.69. The molecule has 0 bridgehead atoms. The molecule has 1 saturated carbocycles. The van der Waals surface area contributed by atoms with E-state index in [0.29, 0.717) is 23.5 Å². The average molecular weight is 425 g/mol. The molecule has 10 heteroatoms. The summed E-state index contributed by atoms with van der Waals surface area (Å²) in [5.41, 5.74) is 2.43. The Morgan fingerprint density at radius 3 is 2.87 bits per heavy atom. The zero-order chi connectivity index (χ0) is 21.6. The topological polar surface area (TPSA) is 116 Å². The molecule has 0 radical (unpaired) electrons. The minimum absolute atomic E-state index is 0.0320. The number of carbonyl (C=O) groups is 1. The number of nitrogens with one attached hydrogen (secondary N) is 2. The standard InChI is InChI=1S/C21H27N7O3/c1-31-26-20(30)17-13-28(15-6-3-2-4-7-15)19-16(18(17)29)12-24-21(25-19)23-8-5-10-27-11-9-22-14-27/h9,11-15H,2-8,10H2,1H3,(H,26,30)(H,23,24,25). The summed E-state index contributed by atoms with van der Waals surface area (Å²) >= 11 is 0. The summed E-state index contributed by atoms with van der Waals surface area (Å²) in [7, 11) is 1.34. The zero-order valence-electron chi connectivity index (χ0n) is 17.6. The van der Waals surface area contributed by atoms with Crippen molar-refractivity contribution in [2.75, 3.05) is 19.0 Å². The maximum absolute atomic E-state index is 12.9. The van der Waals surface area contributed by atoms with Crippen LogP contribution in [0.3, 0.4) is 0 Å². The van der Waals surface area contributed by atoms with Crippen LogP contribution < -0.4 is 16.2 Å². The first-order valence-electron chi connectivity index (χ1n) is 10.6. The van der Waals surface area contributed by atoms with Crippen LogP contribution in [-0.2, 0) is 11.4 Å². The van der Waals surface area contributed by atoms with E-state index in [2.05, 4.69) is 25.7 Å². The van der Waals surface area contributed by atoms with Crippen molar-refractivity contribution in [1.29, 1.82) is 0 Å². The van der Waals surface area contributed by atoms with Gasteiger partial charge in [0.15, 0.2) is 0 Å². The van der Waals surface area contributed by atoms with Crippen LogP contribution in [0, 0.1) is 0 Å². The van der Waals surface area contributed by atoms with Gasteiger partial charge in [-0.15, -0.1) is 0 Å². The maximum Gasteiger partial charge on any atom is 0.280 e. The Labute approximate surface area is 179 Å². The fraction of sp³-hybridized carbons (Fsp3) is 0.476. The smallest absolute Gasteiger partial charge is 0.280 e. The molecule has 0 aliphatic heterocycles. The van der Waals surface area contributed by atoms with Gasteiger partial charge >= 0.3 is 0 Å². The van der Waals surface area contributed by atoms with Gasteiger partial charge in [-0.25, -0.2) is 15.4 Å². The Kier molecular flexibility index (Phi) is 6.56. The summed E-state index contributed by atoms with van der Waals surface area (Å²) in [5.74, 6) is -0.100. The number of aromatic nitrogens is 5. The van der Waals surface area contributed by atoms with Gasteiger partial charge in [0.25, 0.3) is 5.91 Å². The number of nitrogens with zero attached hydrogens (tertiary/aromatic N) is 5. The number of fused-ring (bicyclic) bond motifs is 1. The molecule has 164 valence electrons. The third-order valence-corrected chi connectivity index (χ3v) is 5.61. The molecule has 0 unspecified atom stereocenters. The Morgan fingerprint density at radius 1 is 1.29 bits per heavy atom. The lowest BCUT2D eigenvalue weighted by molar-refractivity contribution is 0.0535. The lowest BCUT2D eigenvalue weighted by atomic mass is 9.95. The highest BCUT2D eigenvalue weighted by molar-refractivity contribution is 5.96. The van der Waals surface area contributed by atoms with E-state index in [1.165, 1.54) is 19.7 Å². The fourth-order valence-electron chi connectivity index (χ4n) is 4.05. The predicted molar refractivity (Wildman–Crippen MR) is 116 cm³/mol. The van der Waals surface area contributed by atoms with Crippen LogP contribution in [0.4, 0.5) is 5.95 Å². The van der Waals surface area contributed by atoms with Crippen LogP contribution in [0.15, 0.2) is 35.9 Å². The fourth-order valence-corrected chi connectivity index (χ4v) is 4.05. The molecule has 3 aromatic heterocycles. The molecule has 10 nitrogen and oxygen atoms in total. The highest BCUT2D eigenvalue weighted by atomic mass is 16.6. The normalized spacial score (nSPS) is 14.6. The highest BCUT2D eigenvalue weighted by Gasteiger charge is 2.22. The molecule has 1 aliphatic carbocycles. The van der Waals surface area contributed by atoms with Crippen LogP contribution in [0.2, 0.25) is 0 Å². The molecular weight excluding hydrogens is 398 g/mol. The van der Waals surface area contributed by atoms with E-state index in [4.69, 9.17) is 4.84 Å². The molecule has 2 N–H and O–H groups in total. The minimum atomic E-state index is -0.569. The summed E-state index contributed by atoms with van der Waals surface area (Å²) in [6.07, 6.45) is 14.9. The average Bonchev–Trinajstić information content (AvgIpc) is 3.31. The number of hydrogen-bond donors (Lipinski definition) is 2. The predicted octanol–water partition coefficient (Wildman–Crippen LogP) is 2.29. The van der Waals surface area contributed by atoms with Crippen LogP contribution in [0.25, 0.3) is 11.0 Å². The Morgan fingerprint density at radius 2 is 2.13 bits per heavy atom. The molecule has 1 amide bonds. The summed E-state index contributed by atoms with van der Waals surface area (Å²) in [6.45, 7) is 1.52. The van der Waals surface area contributed by atoms with Gasteiger partial charge in [0, 0.05) is 43.9 Å². The molecule has 1 fully saturated rings. The van der Waals surface area contributed by atoms with E-state index in [0.717, 1.165) is 38.6 Å². The summed E-state index contributed by atoms with van der Waals surface area (Å²) in [5, 5.41) is 3.57. The zero-order valence-corrected chi connectivity index (χ0v) is 17.6. The number of hydroxylamine groups is 1. The number of rotatable bonds is 8. The summed E-state index contributed by atoms with van der Waals surface area (Å²) in [4.78, 5) is 43.0. The first-order valence-corrected chi connectivity index (χ1v) is 10.6. The Bertz CT molecular complexity index is 1090. The number of aryl methyl sites for hydroxylation is 1. The lowest BCUT2D eigenvalue weighted by Gasteiger charge is -2.26. The summed E-state index contributed by atoms with van der Waals surface area (Å²) in [6, 6.07) is 0.190. The number of anilines is 1. The van der Waals surface area contributed by atoms with Crippen molar-refractivity contribution in [3.05, 3.63) is 46.9 Å². The second-order valence-electron chi connectivity index (χ2n) is 7.72. The molecule has 1 aliphatic rings. The second-order valence-corrected chi connectivity index (χ2v) is 7.72. The van der Waals surface area contributed by atoms with Gasteiger partial charge in [-0.05, 0) is 19.3 Å². The van der Waals surface area contributed by atoms with E-state index in [-0.39, 0.29) is 11.6 Å². The molecule has 0 aromatic carbocycles. The van der Waals surface area contributed by atoms with Crippen molar-refractivity contribution in [3.8, 4) is 0 Å². The van der Waals surface area contributed by atoms with Gasteiger partial charge in [0.05, 0.1) is 18.8 Å². The van der Waals surface area contributed by atoms with Gasteiger partial charge in [0.1, 0.15) is 11.2 Å². The molecule has 31 heavy (non-hydrogen) atoms. The number of imidazole rings is 1. The third kappa shape index (κ3) is 4.74. The molecule has 0 atom stereocenters. The quantitative estimate of drug-likeness (QED) is 0.420. The van der Waals surface area contributed by atoms with Gasteiger partial charge in [-0.1, -0.05) is 19.3 Å². The first kappa shape index (κ1) is 21.0. The lowest BCUT2D eigenvalue weighted by Crippen LogP contribution is -2.30. The molecule has 3 heterocycles. The van der Waals surface area contributed by atoms with Crippen LogP contribution in [0.1, 0.15) is 54.9 Å². The van der Waals surface area contributed by atoms with Gasteiger partial charge in [-0.3, -0.25) is 14.4 Å². The number of hydrogen-bond acceptors (Lipinski definition) is 7. The highest BCUT2D eigenvalue weighted by Crippen LogP contribution is 2.30. The largest absolute Gasteiger partial charge is 0.354 e. The Hall–Kier alpha value is -3.27. The molecular formula is C21H27N7O3. The number of amides is 1. The monoisotopic (exact) mass is 425 g/mol. The van der Waals surface area contributed by atoms with E-state index >= 15 is 0 Å². The van der Waals surface area contributed by atoms with E-state index < -0.39 is 11.3 Å². The van der Waals surface area contributed by atoms with Crippen molar-refractivity contribution in [1.82, 2.24) is 29.6 Å². The first-order chi connectivity index (χ1) is 15.2. The van der Waals surface area contributed by atoms with Gasteiger partial charge in [-0.2, -0.15) is 4.98 Å². The Balaban J connectivity index is 1.63. The maximum atomic E-state index is 12.9. The number of carbonyl (C=O) groups excluding carboxylic acids is 1. The molecule has 4 rings (SSSR count). The van der Waals surface area contributed by atoms with Crippen LogP contribution >= 0.6 is 0 Å². The van der Waals surface area contributed by atoms with Crippen molar-refractivity contribution < 1.29 is 9.63 Å². The van der Waals surface area contributed by atoms with Crippen molar-refractivity contribution in [2.24, 2.45) is 0 Å². The van der Waals surface area contributed by atoms with Gasteiger partial charge in [0.2, 0.25) is 11.4 Å². The van der Waals surface area contributed by atoms with Crippen LogP contribution in [0.5, 0.6) is 0 Å². The third-order valence-electron chi connectivity index (χ3n) is 5.61. The summed E-state index contributed by atoms with van der Waals surface area (Å²) < 4.78 is 3.98. The minimum Gasteiger partial charge on any atom is -0.354 e. The van der Waals surface area contributed by atoms with E-state index in [1.54, 1.807) is 18.7 Å². The molecule has 0 spiro atoms. The SMILES string of the molecule is CONC(=O)c1cn(C2CCCCC2)c2nc(NCCCn3ccnc3)ncc2c1=O. The van der Waals surface area contributed by atoms with Crippen molar-refractivity contribution in [2.45, 2.75) is 51.1 Å². The van der Waals surface area contributed by atoms with Crippen LogP contribution in [-0.4, -0.2) is 43.6 Å². The van der Waals surface area contributed by atoms with E-state index in [9.17, 15) is 9.59 Å². The van der Waals surface area contributed by atoms with Gasteiger partial charge < -0.3 is 14.5 Å².